The summed E-state index contributed by atoms with van der Waals surface area (Å²) in [5.74, 6) is 2.97. The van der Waals surface area contributed by atoms with Gasteiger partial charge in [0.2, 0.25) is 5.88 Å². The number of pyridine rings is 1. The zero-order chi connectivity index (χ0) is 12.5. The van der Waals surface area contributed by atoms with Crippen molar-refractivity contribution >= 4 is 0 Å². The molecular weight excluding hydrogens is 226 g/mol. The summed E-state index contributed by atoms with van der Waals surface area (Å²) in [6.45, 7) is 2.45. The minimum absolute atomic E-state index is 0.534. The topological polar surface area (TPSA) is 51.4 Å². The smallest absolute Gasteiger partial charge is 0.213 e. The molecule has 96 valence electrons. The Labute approximate surface area is 108 Å². The fourth-order valence-electron chi connectivity index (χ4n) is 3.05. The second-order valence-electron chi connectivity index (χ2n) is 5.38. The summed E-state index contributed by atoms with van der Waals surface area (Å²) in [6.07, 6.45) is 4.27. The Hall–Kier alpha value is -1.26. The molecule has 2 bridgehead atoms. The highest BCUT2D eigenvalue weighted by Crippen LogP contribution is 2.42. The summed E-state index contributed by atoms with van der Waals surface area (Å²) in [5.41, 5.74) is 6.68. The molecule has 0 amide bonds. The highest BCUT2D eigenvalue weighted by atomic mass is 16.5. The lowest BCUT2D eigenvalue weighted by Crippen LogP contribution is -2.33. The van der Waals surface area contributed by atoms with Gasteiger partial charge in [-0.2, -0.15) is 0 Å². The fraction of sp³-hybridized carbons (Fsp3) is 0.571. The Morgan fingerprint density at radius 1 is 1.61 bits per heavy atom. The van der Waals surface area contributed by atoms with Crippen LogP contribution in [0.5, 0.6) is 5.88 Å². The number of aromatic nitrogens is 1. The van der Waals surface area contributed by atoms with E-state index < -0.39 is 0 Å². The summed E-state index contributed by atoms with van der Waals surface area (Å²) in [7, 11) is 2.21. The quantitative estimate of drug-likeness (QED) is 0.812. The third-order valence-corrected chi connectivity index (χ3v) is 4.17. The Morgan fingerprint density at radius 2 is 2.50 bits per heavy atom. The zero-order valence-corrected chi connectivity index (χ0v) is 10.8. The normalized spacial score (nSPS) is 26.9. The predicted molar refractivity (Wildman–Crippen MR) is 70.0 cm³/mol. The lowest BCUT2D eigenvalue weighted by Gasteiger charge is -2.20. The summed E-state index contributed by atoms with van der Waals surface area (Å²) in [6, 6.07) is 4.61. The fourth-order valence-corrected chi connectivity index (χ4v) is 3.05. The summed E-state index contributed by atoms with van der Waals surface area (Å²) < 4.78 is 5.81. The number of fused-ring (bicyclic) bond motifs is 2. The van der Waals surface area contributed by atoms with Crippen molar-refractivity contribution in [2.45, 2.75) is 25.4 Å². The number of hydrogen-bond donors (Lipinski definition) is 1. The lowest BCUT2D eigenvalue weighted by atomic mass is 9.96. The Bertz CT molecular complexity index is 421. The van der Waals surface area contributed by atoms with Gasteiger partial charge in [0.25, 0.3) is 0 Å². The SMILES string of the molecule is CN1C[C+]2CC1CC2COc1cc(CN)ccn1. The number of hydrogen-bond acceptors (Lipinski definition) is 4. The van der Waals surface area contributed by atoms with Crippen LogP contribution in [-0.2, 0) is 6.54 Å². The predicted octanol–water partition coefficient (Wildman–Crippen LogP) is 1.22. The molecule has 1 saturated heterocycles. The van der Waals surface area contributed by atoms with E-state index in [0.29, 0.717) is 18.3 Å². The van der Waals surface area contributed by atoms with E-state index in [1.165, 1.54) is 12.8 Å². The van der Waals surface area contributed by atoms with E-state index in [1.807, 2.05) is 12.1 Å². The molecule has 1 saturated carbocycles. The number of piperidine rings is 1. The van der Waals surface area contributed by atoms with Gasteiger partial charge in [0, 0.05) is 25.2 Å². The third kappa shape index (κ3) is 2.18. The number of ether oxygens (including phenoxy) is 1. The second kappa shape index (κ2) is 4.78. The maximum absolute atomic E-state index is 5.81. The molecule has 2 unspecified atom stereocenters. The Morgan fingerprint density at radius 3 is 3.17 bits per heavy atom. The van der Waals surface area contributed by atoms with Crippen molar-refractivity contribution in [1.29, 1.82) is 0 Å². The Kier molecular flexibility index (Phi) is 3.14. The van der Waals surface area contributed by atoms with Gasteiger partial charge in [0.1, 0.15) is 31.4 Å². The minimum Gasteiger partial charge on any atom is -0.473 e. The van der Waals surface area contributed by atoms with Crippen molar-refractivity contribution in [3.05, 3.63) is 29.8 Å². The Balaban J connectivity index is 1.56. The van der Waals surface area contributed by atoms with Crippen molar-refractivity contribution < 1.29 is 4.74 Å². The molecule has 0 aromatic carbocycles. The zero-order valence-electron chi connectivity index (χ0n) is 10.8. The average Bonchev–Trinajstić information content (AvgIpc) is 2.95. The van der Waals surface area contributed by atoms with E-state index in [1.54, 1.807) is 12.1 Å². The molecule has 3 rings (SSSR count). The first-order valence-corrected chi connectivity index (χ1v) is 6.59. The van der Waals surface area contributed by atoms with E-state index in [0.717, 1.165) is 24.8 Å². The molecule has 2 fully saturated rings. The molecule has 0 radical (unpaired) electrons. The van der Waals surface area contributed by atoms with E-state index in [9.17, 15) is 0 Å². The van der Waals surface area contributed by atoms with Crippen LogP contribution in [0.25, 0.3) is 0 Å². The highest BCUT2D eigenvalue weighted by Gasteiger charge is 2.52. The number of rotatable bonds is 4. The first-order valence-electron chi connectivity index (χ1n) is 6.59. The highest BCUT2D eigenvalue weighted by molar-refractivity contribution is 5.21. The molecule has 2 N–H and O–H groups in total. The van der Waals surface area contributed by atoms with Crippen LogP contribution in [0.2, 0.25) is 0 Å². The molecule has 1 aromatic rings. The second-order valence-corrected chi connectivity index (χ2v) is 5.38. The number of nitrogens with zero attached hydrogens (tertiary/aromatic N) is 2. The van der Waals surface area contributed by atoms with Crippen LogP contribution in [0.1, 0.15) is 18.4 Å². The largest absolute Gasteiger partial charge is 0.473 e. The van der Waals surface area contributed by atoms with Crippen molar-refractivity contribution in [2.75, 3.05) is 20.2 Å². The minimum atomic E-state index is 0.534. The summed E-state index contributed by atoms with van der Waals surface area (Å²) >= 11 is 0. The van der Waals surface area contributed by atoms with Crippen molar-refractivity contribution in [3.8, 4) is 5.88 Å². The molecule has 0 spiro atoms. The van der Waals surface area contributed by atoms with Gasteiger partial charge in [-0.25, -0.2) is 4.98 Å². The van der Waals surface area contributed by atoms with Gasteiger partial charge in [0.05, 0.1) is 6.04 Å². The molecule has 1 aliphatic heterocycles. The van der Waals surface area contributed by atoms with E-state index in [-0.39, 0.29) is 0 Å². The number of nitrogens with two attached hydrogens (primary N) is 1. The molecule has 1 aliphatic carbocycles. The van der Waals surface area contributed by atoms with E-state index in [4.69, 9.17) is 10.5 Å². The lowest BCUT2D eigenvalue weighted by molar-refractivity contribution is 0.192. The van der Waals surface area contributed by atoms with Gasteiger partial charge < -0.3 is 10.5 Å². The van der Waals surface area contributed by atoms with Gasteiger partial charge in [-0.3, -0.25) is 4.90 Å². The molecule has 2 heterocycles. The van der Waals surface area contributed by atoms with Gasteiger partial charge >= 0.3 is 0 Å². The molecule has 2 atom stereocenters. The van der Waals surface area contributed by atoms with Crippen molar-refractivity contribution in [1.82, 2.24) is 9.88 Å². The standard InChI is InChI=1S/C14H20N3O/c1-17-8-11-5-13(17)6-12(11)9-18-14-4-10(7-15)2-3-16-14/h2-4,12-13H,5-9,15H2,1H3/q+1. The molecule has 2 aliphatic rings. The van der Waals surface area contributed by atoms with Crippen LogP contribution in [-0.4, -0.2) is 36.1 Å². The summed E-state index contributed by atoms with van der Waals surface area (Å²) in [4.78, 5) is 6.67. The van der Waals surface area contributed by atoms with Gasteiger partial charge in [-0.1, -0.05) is 0 Å². The van der Waals surface area contributed by atoms with Crippen molar-refractivity contribution in [3.63, 3.8) is 0 Å². The maximum Gasteiger partial charge on any atom is 0.213 e. The average molecular weight is 246 g/mol. The van der Waals surface area contributed by atoms with Crippen LogP contribution in [0.3, 0.4) is 0 Å². The van der Waals surface area contributed by atoms with Gasteiger partial charge in [0.15, 0.2) is 0 Å². The van der Waals surface area contributed by atoms with E-state index >= 15 is 0 Å². The molecule has 4 heteroatoms. The summed E-state index contributed by atoms with van der Waals surface area (Å²) in [5, 5.41) is 0. The van der Waals surface area contributed by atoms with Gasteiger partial charge in [-0.05, 0) is 18.7 Å². The molecular formula is C14H20N3O+. The first-order chi connectivity index (χ1) is 8.76. The molecule has 4 nitrogen and oxygen atoms in total. The molecule has 18 heavy (non-hydrogen) atoms. The third-order valence-electron chi connectivity index (χ3n) is 4.17. The van der Waals surface area contributed by atoms with Crippen LogP contribution < -0.4 is 10.5 Å². The van der Waals surface area contributed by atoms with Crippen LogP contribution in [0, 0.1) is 11.8 Å². The van der Waals surface area contributed by atoms with Gasteiger partial charge in [-0.15, -0.1) is 0 Å². The number of likely N-dealkylation sites (tertiary alicyclic amines) is 1. The van der Waals surface area contributed by atoms with Crippen molar-refractivity contribution in [2.24, 2.45) is 11.7 Å². The van der Waals surface area contributed by atoms with Crippen LogP contribution >= 0.6 is 0 Å². The van der Waals surface area contributed by atoms with Crippen LogP contribution in [0.15, 0.2) is 18.3 Å². The van der Waals surface area contributed by atoms with E-state index in [2.05, 4.69) is 16.9 Å². The van der Waals surface area contributed by atoms with Crippen LogP contribution in [0.4, 0.5) is 0 Å². The first kappa shape index (κ1) is 11.8. The maximum atomic E-state index is 5.81. The monoisotopic (exact) mass is 246 g/mol. The molecule has 1 aromatic heterocycles.